The Morgan fingerprint density at radius 3 is 2.30 bits per heavy atom. The van der Waals surface area contributed by atoms with Crippen molar-refractivity contribution in [3.8, 4) is 5.75 Å². The minimum atomic E-state index is -3.56. The van der Waals surface area contributed by atoms with Gasteiger partial charge in [-0.3, -0.25) is 0 Å². The van der Waals surface area contributed by atoms with Gasteiger partial charge in [-0.15, -0.1) is 0 Å². The summed E-state index contributed by atoms with van der Waals surface area (Å²) in [6, 6.07) is 14.7. The number of rotatable bonds is 7. The van der Waals surface area contributed by atoms with Crippen molar-refractivity contribution in [3.05, 3.63) is 58.6 Å². The number of piperidine rings is 1. The first-order valence-electron chi connectivity index (χ1n) is 9.12. The van der Waals surface area contributed by atoms with Gasteiger partial charge in [-0.05, 0) is 74.3 Å². The lowest BCUT2D eigenvalue weighted by Gasteiger charge is -2.34. The molecule has 1 N–H and O–H groups in total. The highest BCUT2D eigenvalue weighted by molar-refractivity contribution is 9.10. The molecule has 0 bridgehead atoms. The van der Waals surface area contributed by atoms with Gasteiger partial charge in [0.2, 0.25) is 10.0 Å². The number of methoxy groups -OCH3 is 1. The lowest BCUT2D eigenvalue weighted by molar-refractivity contribution is 0.264. The monoisotopic (exact) mass is 452 g/mol. The van der Waals surface area contributed by atoms with Crippen LogP contribution in [0.5, 0.6) is 5.75 Å². The van der Waals surface area contributed by atoms with Crippen molar-refractivity contribution >= 4 is 26.0 Å². The minimum absolute atomic E-state index is 0.0220. The van der Waals surface area contributed by atoms with Crippen LogP contribution in [0.15, 0.2) is 57.9 Å². The Morgan fingerprint density at radius 1 is 1.07 bits per heavy atom. The number of halogens is 1. The van der Waals surface area contributed by atoms with Crippen LogP contribution in [0.3, 0.4) is 0 Å². The van der Waals surface area contributed by atoms with E-state index in [1.54, 1.807) is 35.7 Å². The number of benzene rings is 2. The highest BCUT2D eigenvalue weighted by Crippen LogP contribution is 2.25. The number of sulfonamides is 1. The molecule has 2 aromatic carbocycles. The van der Waals surface area contributed by atoms with Crippen molar-refractivity contribution in [2.24, 2.45) is 0 Å². The summed E-state index contributed by atoms with van der Waals surface area (Å²) in [6.07, 6.45) is 2.35. The summed E-state index contributed by atoms with van der Waals surface area (Å²) in [5.41, 5.74) is 1.13. The van der Waals surface area contributed by atoms with Crippen LogP contribution < -0.4 is 10.1 Å². The van der Waals surface area contributed by atoms with E-state index in [4.69, 9.17) is 4.74 Å². The molecule has 0 atom stereocenters. The number of nitrogens with zero attached hydrogens (tertiary/aromatic N) is 1. The third-order valence-corrected chi connectivity index (χ3v) is 7.41. The Morgan fingerprint density at radius 2 is 1.70 bits per heavy atom. The number of hydrogen-bond acceptors (Lipinski definition) is 4. The smallest absolute Gasteiger partial charge is 0.243 e. The Hall–Kier alpha value is -1.41. The second-order valence-electron chi connectivity index (χ2n) is 6.65. The molecule has 5 nitrogen and oxygen atoms in total. The van der Waals surface area contributed by atoms with Crippen LogP contribution in [-0.4, -0.2) is 45.5 Å². The zero-order chi connectivity index (χ0) is 19.3. The SMILES string of the molecule is COc1ccc(S(=O)(=O)N(CCc2ccc(Br)cc2)C2CCNCC2)cc1. The van der Waals surface area contributed by atoms with Crippen LogP contribution in [-0.2, 0) is 16.4 Å². The van der Waals surface area contributed by atoms with Crippen LogP contribution in [0.2, 0.25) is 0 Å². The average Bonchev–Trinajstić information content (AvgIpc) is 2.70. The van der Waals surface area contributed by atoms with E-state index in [0.717, 1.165) is 36.0 Å². The minimum Gasteiger partial charge on any atom is -0.497 e. The van der Waals surface area contributed by atoms with Gasteiger partial charge in [-0.2, -0.15) is 4.31 Å². The van der Waals surface area contributed by atoms with Crippen molar-refractivity contribution in [2.45, 2.75) is 30.2 Å². The molecule has 0 saturated carbocycles. The molecular formula is C20H25BrN2O3S. The summed E-state index contributed by atoms with van der Waals surface area (Å²) >= 11 is 3.44. The largest absolute Gasteiger partial charge is 0.497 e. The van der Waals surface area contributed by atoms with Gasteiger partial charge >= 0.3 is 0 Å². The Kier molecular flexibility index (Phi) is 6.92. The quantitative estimate of drug-likeness (QED) is 0.698. The van der Waals surface area contributed by atoms with Gasteiger partial charge in [0.05, 0.1) is 12.0 Å². The van der Waals surface area contributed by atoms with Gasteiger partial charge in [0.25, 0.3) is 0 Å². The second kappa shape index (κ2) is 9.19. The number of nitrogens with one attached hydrogen (secondary N) is 1. The van der Waals surface area contributed by atoms with E-state index in [1.165, 1.54) is 0 Å². The van der Waals surface area contributed by atoms with Gasteiger partial charge in [-0.1, -0.05) is 28.1 Å². The molecule has 0 spiro atoms. The van der Waals surface area contributed by atoms with Crippen molar-refractivity contribution in [3.63, 3.8) is 0 Å². The maximum atomic E-state index is 13.4. The van der Waals surface area contributed by atoms with E-state index in [9.17, 15) is 8.42 Å². The standard InChI is InChI=1S/C20H25BrN2O3S/c1-26-19-6-8-20(9-7-19)27(24,25)23(18-10-13-22-14-11-18)15-12-16-2-4-17(21)5-3-16/h2-9,18,22H,10-15H2,1H3. The molecule has 1 aliphatic rings. The molecule has 0 unspecified atom stereocenters. The fourth-order valence-corrected chi connectivity index (χ4v) is 5.32. The fourth-order valence-electron chi connectivity index (χ4n) is 3.37. The predicted molar refractivity (Wildman–Crippen MR) is 111 cm³/mol. The Bertz CT molecular complexity index is 833. The highest BCUT2D eigenvalue weighted by atomic mass is 79.9. The molecule has 1 fully saturated rings. The molecule has 1 heterocycles. The van der Waals surface area contributed by atoms with Crippen LogP contribution in [0.4, 0.5) is 0 Å². The van der Waals surface area contributed by atoms with Gasteiger partial charge in [0, 0.05) is 17.1 Å². The van der Waals surface area contributed by atoms with Crippen molar-refractivity contribution in [2.75, 3.05) is 26.7 Å². The highest BCUT2D eigenvalue weighted by Gasteiger charge is 2.32. The topological polar surface area (TPSA) is 58.6 Å². The van der Waals surface area contributed by atoms with Crippen LogP contribution in [0.1, 0.15) is 18.4 Å². The maximum absolute atomic E-state index is 13.4. The Balaban J connectivity index is 1.84. The molecular weight excluding hydrogens is 428 g/mol. The van der Waals surface area contributed by atoms with Crippen LogP contribution in [0.25, 0.3) is 0 Å². The zero-order valence-electron chi connectivity index (χ0n) is 15.4. The first-order chi connectivity index (χ1) is 13.0. The molecule has 0 aromatic heterocycles. The maximum Gasteiger partial charge on any atom is 0.243 e. The van der Waals surface area contributed by atoms with E-state index >= 15 is 0 Å². The second-order valence-corrected chi connectivity index (χ2v) is 9.46. The summed E-state index contributed by atoms with van der Waals surface area (Å²) < 4.78 is 34.6. The molecule has 0 radical (unpaired) electrons. The molecule has 146 valence electrons. The first kappa shape index (κ1) is 20.3. The number of ether oxygens (including phenoxy) is 1. The molecule has 7 heteroatoms. The summed E-state index contributed by atoms with van der Waals surface area (Å²) in [6.45, 7) is 2.16. The molecule has 1 saturated heterocycles. The Labute approximate surface area is 169 Å². The van der Waals surface area contributed by atoms with Gasteiger partial charge < -0.3 is 10.1 Å². The van der Waals surface area contributed by atoms with Gasteiger partial charge in [-0.25, -0.2) is 8.42 Å². The zero-order valence-corrected chi connectivity index (χ0v) is 17.8. The summed E-state index contributed by atoms with van der Waals surface area (Å²) in [4.78, 5) is 0.317. The van der Waals surface area contributed by atoms with E-state index in [-0.39, 0.29) is 6.04 Å². The van der Waals surface area contributed by atoms with Crippen molar-refractivity contribution in [1.82, 2.24) is 9.62 Å². The molecule has 0 amide bonds. The van der Waals surface area contributed by atoms with Crippen LogP contribution >= 0.6 is 15.9 Å². The van der Waals surface area contributed by atoms with Crippen molar-refractivity contribution in [1.29, 1.82) is 0 Å². The fraction of sp³-hybridized carbons (Fsp3) is 0.400. The third-order valence-electron chi connectivity index (χ3n) is 4.92. The van der Waals surface area contributed by atoms with E-state index in [1.807, 2.05) is 24.3 Å². The molecule has 1 aliphatic heterocycles. The van der Waals surface area contributed by atoms with Gasteiger partial charge in [0.15, 0.2) is 0 Å². The lowest BCUT2D eigenvalue weighted by atomic mass is 10.1. The molecule has 0 aliphatic carbocycles. The summed E-state index contributed by atoms with van der Waals surface area (Å²) in [5, 5.41) is 3.31. The molecule has 27 heavy (non-hydrogen) atoms. The number of hydrogen-bond donors (Lipinski definition) is 1. The predicted octanol–water partition coefficient (Wildman–Crippen LogP) is 3.44. The third kappa shape index (κ3) is 5.10. The summed E-state index contributed by atoms with van der Waals surface area (Å²) in [5.74, 6) is 0.650. The first-order valence-corrected chi connectivity index (χ1v) is 11.3. The van der Waals surface area contributed by atoms with E-state index < -0.39 is 10.0 Å². The molecule has 3 rings (SSSR count). The van der Waals surface area contributed by atoms with Crippen LogP contribution in [0, 0.1) is 0 Å². The summed E-state index contributed by atoms with van der Waals surface area (Å²) in [7, 11) is -1.99. The van der Waals surface area contributed by atoms with E-state index in [2.05, 4.69) is 21.2 Å². The van der Waals surface area contributed by atoms with Crippen molar-refractivity contribution < 1.29 is 13.2 Å². The average molecular weight is 453 g/mol. The molecule has 2 aromatic rings. The van der Waals surface area contributed by atoms with E-state index in [0.29, 0.717) is 23.6 Å². The van der Waals surface area contributed by atoms with Gasteiger partial charge in [0.1, 0.15) is 5.75 Å². The lowest BCUT2D eigenvalue weighted by Crippen LogP contribution is -2.46. The normalized spacial score (nSPS) is 15.8.